The average molecular weight is 429 g/mol. The van der Waals surface area contributed by atoms with Gasteiger partial charge in [-0.05, 0) is 56.2 Å². The number of benzene rings is 2. The van der Waals surface area contributed by atoms with Gasteiger partial charge in [-0.1, -0.05) is 42.5 Å². The number of unbranched alkanes of at least 4 members (excludes halogenated alkanes) is 1. The first-order valence-electron chi connectivity index (χ1n) is 10.2. The van der Waals surface area contributed by atoms with Crippen LogP contribution < -0.4 is 0 Å². The molecule has 0 aliphatic heterocycles. The van der Waals surface area contributed by atoms with E-state index in [4.69, 9.17) is 9.79 Å². The molecule has 0 saturated carbocycles. The van der Waals surface area contributed by atoms with Crippen LogP contribution in [0.25, 0.3) is 10.9 Å². The number of aromatic nitrogens is 1. The van der Waals surface area contributed by atoms with Gasteiger partial charge in [0.15, 0.2) is 5.78 Å². The number of carbonyl (C=O) groups excluding carboxylic acids is 1. The molecule has 2 aromatic carbocycles. The van der Waals surface area contributed by atoms with Gasteiger partial charge < -0.3 is 14.4 Å². The van der Waals surface area contributed by atoms with E-state index >= 15 is 0 Å². The van der Waals surface area contributed by atoms with Crippen molar-refractivity contribution in [2.75, 3.05) is 6.61 Å². The summed E-state index contributed by atoms with van der Waals surface area (Å²) < 4.78 is 17.3. The summed E-state index contributed by atoms with van der Waals surface area (Å²) in [6.45, 7) is 2.54. The maximum Gasteiger partial charge on any atom is 0.469 e. The molecular weight excluding hydrogens is 401 g/mol. The number of nitrogens with zero attached hydrogens (tertiary/aromatic N) is 1. The van der Waals surface area contributed by atoms with Crippen LogP contribution in [0.1, 0.15) is 47.7 Å². The molecule has 3 aromatic rings. The molecule has 30 heavy (non-hydrogen) atoms. The molecule has 0 unspecified atom stereocenters. The molecule has 7 heteroatoms. The summed E-state index contributed by atoms with van der Waals surface area (Å²) in [5.74, 6) is 0.0915. The second kappa shape index (κ2) is 10.2. The van der Waals surface area contributed by atoms with Gasteiger partial charge in [0, 0.05) is 29.2 Å². The molecule has 0 aliphatic rings. The van der Waals surface area contributed by atoms with Crippen molar-refractivity contribution in [3.63, 3.8) is 0 Å². The Morgan fingerprint density at radius 3 is 2.23 bits per heavy atom. The molecule has 0 saturated heterocycles. The minimum absolute atomic E-state index is 0.0712. The largest absolute Gasteiger partial charge is 0.469 e. The molecule has 6 nitrogen and oxygen atoms in total. The van der Waals surface area contributed by atoms with Gasteiger partial charge in [-0.25, -0.2) is 4.57 Å². The quantitative estimate of drug-likeness (QED) is 0.257. The highest BCUT2D eigenvalue weighted by Gasteiger charge is 2.12. The van der Waals surface area contributed by atoms with Crippen LogP contribution in [0, 0.1) is 0 Å². The van der Waals surface area contributed by atoms with E-state index in [1.165, 1.54) is 11.1 Å². The van der Waals surface area contributed by atoms with Crippen LogP contribution in [0.2, 0.25) is 0 Å². The third-order valence-corrected chi connectivity index (χ3v) is 5.69. The molecule has 0 radical (unpaired) electrons. The highest BCUT2D eigenvalue weighted by Crippen LogP contribution is 2.35. The lowest BCUT2D eigenvalue weighted by atomic mass is 10.0. The summed E-state index contributed by atoms with van der Waals surface area (Å²) >= 11 is 0. The van der Waals surface area contributed by atoms with Gasteiger partial charge in [0.2, 0.25) is 0 Å². The molecule has 160 valence electrons. The van der Waals surface area contributed by atoms with Crippen molar-refractivity contribution in [3.8, 4) is 0 Å². The number of phosphoric acid groups is 1. The van der Waals surface area contributed by atoms with E-state index in [0.717, 1.165) is 48.7 Å². The Morgan fingerprint density at radius 1 is 0.967 bits per heavy atom. The second-order valence-corrected chi connectivity index (χ2v) is 8.75. The van der Waals surface area contributed by atoms with E-state index in [1.54, 1.807) is 6.92 Å². The average Bonchev–Trinajstić information content (AvgIpc) is 3.07. The molecule has 1 aromatic heterocycles. The van der Waals surface area contributed by atoms with Crippen molar-refractivity contribution in [2.24, 2.45) is 0 Å². The fraction of sp³-hybridized carbons (Fsp3) is 0.348. The lowest BCUT2D eigenvalue weighted by molar-refractivity contribution is 0.101. The topological polar surface area (TPSA) is 88.8 Å². The number of Topliss-reactive ketones (excluding diaryl/α,β-unsaturated/α-hetero) is 1. The predicted octanol–water partition coefficient (Wildman–Crippen LogP) is 4.91. The minimum atomic E-state index is -4.35. The molecule has 3 rings (SSSR count). The standard InChI is InChI=1S/C23H28NO5P/c1-18(25)22-17-24(23-10-3-2-9-21(22)23)15-6-8-20-13-11-19(12-14-20)7-4-5-16-29-30(26,27)28/h2-3,9-14,17H,4-8,15-16H2,1H3,(H2,26,27,28). The minimum Gasteiger partial charge on any atom is -0.347 e. The van der Waals surface area contributed by atoms with Crippen molar-refractivity contribution in [2.45, 2.75) is 45.6 Å². The summed E-state index contributed by atoms with van der Waals surface area (Å²) in [6, 6.07) is 16.5. The summed E-state index contributed by atoms with van der Waals surface area (Å²) in [7, 11) is -4.35. The number of ketones is 1. The SMILES string of the molecule is CC(=O)c1cn(CCCc2ccc(CCCCOP(=O)(O)O)cc2)c2ccccc12. The maximum absolute atomic E-state index is 11.9. The van der Waals surface area contributed by atoms with Gasteiger partial charge in [-0.15, -0.1) is 0 Å². The number of hydrogen-bond donors (Lipinski definition) is 2. The predicted molar refractivity (Wildman–Crippen MR) is 118 cm³/mol. The Balaban J connectivity index is 1.47. The number of hydrogen-bond acceptors (Lipinski definition) is 3. The number of phosphoric ester groups is 1. The monoisotopic (exact) mass is 429 g/mol. The van der Waals surface area contributed by atoms with Gasteiger partial charge >= 0.3 is 7.82 Å². The first kappa shape index (κ1) is 22.4. The number of rotatable bonds is 11. The van der Waals surface area contributed by atoms with Crippen LogP contribution in [0.4, 0.5) is 0 Å². The van der Waals surface area contributed by atoms with Crippen molar-refractivity contribution >= 4 is 24.5 Å². The normalized spacial score (nSPS) is 11.8. The Morgan fingerprint density at radius 2 is 1.60 bits per heavy atom. The third kappa shape index (κ3) is 6.38. The second-order valence-electron chi connectivity index (χ2n) is 7.51. The van der Waals surface area contributed by atoms with Gasteiger partial charge in [0.1, 0.15) is 0 Å². The molecule has 0 aliphatic carbocycles. The van der Waals surface area contributed by atoms with E-state index in [2.05, 4.69) is 39.4 Å². The summed E-state index contributed by atoms with van der Waals surface area (Å²) in [4.78, 5) is 29.2. The van der Waals surface area contributed by atoms with E-state index in [1.807, 2.05) is 24.4 Å². The van der Waals surface area contributed by atoms with E-state index in [9.17, 15) is 9.36 Å². The van der Waals surface area contributed by atoms with Crippen molar-refractivity contribution in [1.82, 2.24) is 4.57 Å². The molecule has 0 bridgehead atoms. The fourth-order valence-electron chi connectivity index (χ4n) is 3.65. The molecule has 0 atom stereocenters. The van der Waals surface area contributed by atoms with Gasteiger partial charge in [-0.3, -0.25) is 9.32 Å². The first-order valence-corrected chi connectivity index (χ1v) is 11.7. The Labute approximate surface area is 176 Å². The number of fused-ring (bicyclic) bond motifs is 1. The number of aryl methyl sites for hydroxylation is 3. The summed E-state index contributed by atoms with van der Waals surface area (Å²) in [5, 5.41) is 1.01. The Kier molecular flexibility index (Phi) is 7.62. The molecule has 0 spiro atoms. The highest BCUT2D eigenvalue weighted by molar-refractivity contribution is 7.46. The Bertz CT molecular complexity index is 1040. The van der Waals surface area contributed by atoms with E-state index < -0.39 is 7.82 Å². The molecular formula is C23H28NO5P. The zero-order valence-electron chi connectivity index (χ0n) is 17.2. The van der Waals surface area contributed by atoms with Crippen molar-refractivity contribution < 1.29 is 23.7 Å². The molecule has 0 amide bonds. The van der Waals surface area contributed by atoms with Gasteiger partial charge in [-0.2, -0.15) is 0 Å². The number of para-hydroxylation sites is 1. The van der Waals surface area contributed by atoms with Crippen LogP contribution in [0.3, 0.4) is 0 Å². The molecule has 0 fully saturated rings. The smallest absolute Gasteiger partial charge is 0.347 e. The van der Waals surface area contributed by atoms with Crippen molar-refractivity contribution in [1.29, 1.82) is 0 Å². The fourth-order valence-corrected chi connectivity index (χ4v) is 4.02. The van der Waals surface area contributed by atoms with E-state index in [0.29, 0.717) is 6.42 Å². The number of carbonyl (C=O) groups is 1. The van der Waals surface area contributed by atoms with E-state index in [-0.39, 0.29) is 12.4 Å². The van der Waals surface area contributed by atoms with Gasteiger partial charge in [0.25, 0.3) is 0 Å². The Hall–Kier alpha value is -2.24. The van der Waals surface area contributed by atoms with Crippen LogP contribution in [-0.2, 0) is 28.5 Å². The summed E-state index contributed by atoms with van der Waals surface area (Å²) in [5.41, 5.74) is 4.35. The van der Waals surface area contributed by atoms with Crippen LogP contribution >= 0.6 is 7.82 Å². The highest BCUT2D eigenvalue weighted by atomic mass is 31.2. The molecule has 2 N–H and O–H groups in total. The van der Waals surface area contributed by atoms with Crippen LogP contribution in [0.5, 0.6) is 0 Å². The maximum atomic E-state index is 11.9. The zero-order valence-corrected chi connectivity index (χ0v) is 18.1. The zero-order chi connectivity index (χ0) is 21.6. The van der Waals surface area contributed by atoms with Crippen LogP contribution in [-0.4, -0.2) is 26.7 Å². The lowest BCUT2D eigenvalue weighted by Gasteiger charge is -2.07. The van der Waals surface area contributed by atoms with Gasteiger partial charge in [0.05, 0.1) is 6.61 Å². The van der Waals surface area contributed by atoms with Crippen LogP contribution in [0.15, 0.2) is 54.7 Å². The molecule has 1 heterocycles. The summed E-state index contributed by atoms with van der Waals surface area (Å²) in [6.07, 6.45) is 6.19. The van der Waals surface area contributed by atoms with Crippen molar-refractivity contribution in [3.05, 3.63) is 71.4 Å². The lowest BCUT2D eigenvalue weighted by Crippen LogP contribution is -1.99. The third-order valence-electron chi connectivity index (χ3n) is 5.17. The first-order chi connectivity index (χ1) is 14.3.